The van der Waals surface area contributed by atoms with Crippen LogP contribution < -0.4 is 4.74 Å². The molecule has 3 aromatic rings. The van der Waals surface area contributed by atoms with Gasteiger partial charge < -0.3 is 23.0 Å². The van der Waals surface area contributed by atoms with Crippen LogP contribution in [0.2, 0.25) is 0 Å². The smallest absolute Gasteiger partial charge is 0.335 e. The Bertz CT molecular complexity index is 956. The third-order valence-electron chi connectivity index (χ3n) is 4.48. The first kappa shape index (κ1) is 21.6. The summed E-state index contributed by atoms with van der Waals surface area (Å²) < 4.78 is 27.7. The Morgan fingerprint density at radius 1 is 1.03 bits per heavy atom. The maximum absolute atomic E-state index is 12.0. The summed E-state index contributed by atoms with van der Waals surface area (Å²) >= 11 is 0. The number of aromatic nitrogens is 1. The molecular weight excluding hydrogens is 386 g/mol. The fourth-order valence-corrected chi connectivity index (χ4v) is 2.95. The minimum absolute atomic E-state index is 0.277. The number of benzene rings is 1. The zero-order valence-corrected chi connectivity index (χ0v) is 17.8. The fraction of sp³-hybridized carbons (Fsp3) is 0.391. The summed E-state index contributed by atoms with van der Waals surface area (Å²) in [7, 11) is 0. The van der Waals surface area contributed by atoms with Crippen LogP contribution in [-0.4, -0.2) is 30.3 Å². The van der Waals surface area contributed by atoms with Crippen LogP contribution in [-0.2, 0) is 27.3 Å². The molecule has 0 N–H and O–H groups in total. The predicted molar refractivity (Wildman–Crippen MR) is 110 cm³/mol. The summed E-state index contributed by atoms with van der Waals surface area (Å²) in [6, 6.07) is 11.2. The number of rotatable bonds is 10. The number of carbonyl (C=O) groups excluding carboxylic acids is 1. The molecule has 30 heavy (non-hydrogen) atoms. The van der Waals surface area contributed by atoms with E-state index in [1.165, 1.54) is 0 Å². The van der Waals surface area contributed by atoms with Crippen molar-refractivity contribution in [3.8, 4) is 17.4 Å². The SMILES string of the molecule is CCOC(=O)[C@H](Cc1ccc(OCc2nc(-c3ccc(C)o3)oc2C)cc1)OCC. The van der Waals surface area contributed by atoms with E-state index in [1.807, 2.05) is 57.2 Å². The normalized spacial score (nSPS) is 12.0. The highest BCUT2D eigenvalue weighted by Crippen LogP contribution is 2.24. The van der Waals surface area contributed by atoms with Gasteiger partial charge in [0.05, 0.1) is 6.61 Å². The van der Waals surface area contributed by atoms with E-state index in [1.54, 1.807) is 6.92 Å². The predicted octanol–water partition coefficient (Wildman–Crippen LogP) is 4.64. The van der Waals surface area contributed by atoms with E-state index in [0.717, 1.165) is 11.3 Å². The molecule has 160 valence electrons. The Kier molecular flexibility index (Phi) is 7.30. The molecule has 0 aliphatic carbocycles. The first-order valence-electron chi connectivity index (χ1n) is 10.0. The van der Waals surface area contributed by atoms with Crippen LogP contribution in [0.5, 0.6) is 5.75 Å². The monoisotopic (exact) mass is 413 g/mol. The Labute approximate surface area is 176 Å². The fourth-order valence-electron chi connectivity index (χ4n) is 2.95. The Hall–Kier alpha value is -3.06. The van der Waals surface area contributed by atoms with Crippen LogP contribution in [0.1, 0.15) is 36.6 Å². The van der Waals surface area contributed by atoms with E-state index in [9.17, 15) is 4.79 Å². The summed E-state index contributed by atoms with van der Waals surface area (Å²) in [4.78, 5) is 16.5. The molecule has 7 nitrogen and oxygen atoms in total. The molecule has 1 atom stereocenters. The number of nitrogens with zero attached hydrogens (tertiary/aromatic N) is 1. The van der Waals surface area contributed by atoms with E-state index >= 15 is 0 Å². The number of oxazole rings is 1. The summed E-state index contributed by atoms with van der Waals surface area (Å²) in [5.41, 5.74) is 1.67. The van der Waals surface area contributed by atoms with Gasteiger partial charge in [-0.1, -0.05) is 12.1 Å². The Morgan fingerprint density at radius 2 is 1.80 bits per heavy atom. The van der Waals surface area contributed by atoms with Gasteiger partial charge in [-0.3, -0.25) is 0 Å². The van der Waals surface area contributed by atoms with E-state index < -0.39 is 6.10 Å². The van der Waals surface area contributed by atoms with Gasteiger partial charge in [0.15, 0.2) is 11.9 Å². The standard InChI is InChI=1S/C23H27NO6/c1-5-26-21(23(25)27-6-2)13-17-8-10-18(11-9-17)28-14-19-16(4)30-22(24-19)20-12-7-15(3)29-20/h7-12,21H,5-6,13-14H2,1-4H3/t21-/m0/s1. The van der Waals surface area contributed by atoms with Crippen molar-refractivity contribution in [3.05, 3.63) is 59.2 Å². The molecule has 0 unspecified atom stereocenters. The van der Waals surface area contributed by atoms with Crippen LogP contribution in [0.15, 0.2) is 45.2 Å². The second kappa shape index (κ2) is 10.1. The molecule has 1 aromatic carbocycles. The molecule has 0 radical (unpaired) electrons. The van der Waals surface area contributed by atoms with E-state index in [0.29, 0.717) is 48.5 Å². The average Bonchev–Trinajstić information content (AvgIpc) is 3.32. The number of hydrogen-bond acceptors (Lipinski definition) is 7. The quantitative estimate of drug-likeness (QED) is 0.448. The molecule has 0 amide bonds. The Balaban J connectivity index is 1.59. The minimum atomic E-state index is -0.608. The molecule has 0 aliphatic heterocycles. The third-order valence-corrected chi connectivity index (χ3v) is 4.48. The maximum atomic E-state index is 12.0. The van der Waals surface area contributed by atoms with Crippen LogP contribution in [0.4, 0.5) is 0 Å². The number of furan rings is 1. The van der Waals surface area contributed by atoms with Gasteiger partial charge in [0, 0.05) is 13.0 Å². The van der Waals surface area contributed by atoms with Crippen molar-refractivity contribution in [3.63, 3.8) is 0 Å². The molecule has 7 heteroatoms. The third kappa shape index (κ3) is 5.51. The molecular formula is C23H27NO6. The second-order valence-electron chi connectivity index (χ2n) is 6.76. The largest absolute Gasteiger partial charge is 0.487 e. The number of aryl methyl sites for hydroxylation is 2. The molecule has 0 spiro atoms. The van der Waals surface area contributed by atoms with E-state index in [4.69, 9.17) is 23.0 Å². The summed E-state index contributed by atoms with van der Waals surface area (Å²) in [5.74, 6) is 2.87. The van der Waals surface area contributed by atoms with Crippen LogP contribution >= 0.6 is 0 Å². The van der Waals surface area contributed by atoms with Gasteiger partial charge in [0.25, 0.3) is 5.89 Å². The number of carbonyl (C=O) groups is 1. The van der Waals surface area contributed by atoms with Gasteiger partial charge in [0.1, 0.15) is 29.6 Å². The number of hydrogen-bond donors (Lipinski definition) is 0. The molecule has 2 heterocycles. The topological polar surface area (TPSA) is 83.9 Å². The summed E-state index contributed by atoms with van der Waals surface area (Å²) in [6.07, 6.45) is -0.162. The van der Waals surface area contributed by atoms with Crippen molar-refractivity contribution in [2.24, 2.45) is 0 Å². The molecule has 3 rings (SSSR count). The average molecular weight is 413 g/mol. The van der Waals surface area contributed by atoms with Crippen molar-refractivity contribution >= 4 is 5.97 Å². The zero-order valence-electron chi connectivity index (χ0n) is 17.8. The highest BCUT2D eigenvalue weighted by molar-refractivity contribution is 5.75. The summed E-state index contributed by atoms with van der Waals surface area (Å²) in [6.45, 7) is 8.40. The van der Waals surface area contributed by atoms with Crippen LogP contribution in [0, 0.1) is 13.8 Å². The van der Waals surface area contributed by atoms with E-state index in [2.05, 4.69) is 4.98 Å². The van der Waals surface area contributed by atoms with Crippen LogP contribution in [0.25, 0.3) is 11.7 Å². The van der Waals surface area contributed by atoms with Gasteiger partial charge in [0.2, 0.25) is 0 Å². The van der Waals surface area contributed by atoms with Gasteiger partial charge in [-0.2, -0.15) is 0 Å². The highest BCUT2D eigenvalue weighted by Gasteiger charge is 2.20. The first-order chi connectivity index (χ1) is 14.5. The Morgan fingerprint density at radius 3 is 2.43 bits per heavy atom. The lowest BCUT2D eigenvalue weighted by atomic mass is 10.1. The van der Waals surface area contributed by atoms with Gasteiger partial charge in [-0.05, 0) is 57.5 Å². The number of ether oxygens (including phenoxy) is 3. The molecule has 0 bridgehead atoms. The van der Waals surface area contributed by atoms with Gasteiger partial charge >= 0.3 is 5.97 Å². The molecule has 0 saturated carbocycles. The molecule has 0 saturated heterocycles. The minimum Gasteiger partial charge on any atom is -0.487 e. The highest BCUT2D eigenvalue weighted by atomic mass is 16.6. The molecule has 2 aromatic heterocycles. The first-order valence-corrected chi connectivity index (χ1v) is 10.0. The van der Waals surface area contributed by atoms with Crippen LogP contribution in [0.3, 0.4) is 0 Å². The van der Waals surface area contributed by atoms with Gasteiger partial charge in [-0.25, -0.2) is 9.78 Å². The lowest BCUT2D eigenvalue weighted by Gasteiger charge is -2.15. The molecule has 0 aliphatic rings. The lowest BCUT2D eigenvalue weighted by molar-refractivity contribution is -0.156. The maximum Gasteiger partial charge on any atom is 0.335 e. The van der Waals surface area contributed by atoms with Crippen molar-refractivity contribution in [1.82, 2.24) is 4.98 Å². The van der Waals surface area contributed by atoms with Crippen molar-refractivity contribution < 1.29 is 27.8 Å². The van der Waals surface area contributed by atoms with Gasteiger partial charge in [-0.15, -0.1) is 0 Å². The number of esters is 1. The van der Waals surface area contributed by atoms with Crippen molar-refractivity contribution in [2.75, 3.05) is 13.2 Å². The lowest BCUT2D eigenvalue weighted by Crippen LogP contribution is -2.28. The van der Waals surface area contributed by atoms with Crippen molar-refractivity contribution in [1.29, 1.82) is 0 Å². The zero-order chi connectivity index (χ0) is 21.5. The molecule has 0 fully saturated rings. The second-order valence-corrected chi connectivity index (χ2v) is 6.76. The van der Waals surface area contributed by atoms with Crippen molar-refractivity contribution in [2.45, 2.75) is 46.8 Å². The summed E-state index contributed by atoms with van der Waals surface area (Å²) in [5, 5.41) is 0. The van der Waals surface area contributed by atoms with E-state index in [-0.39, 0.29) is 12.6 Å².